The number of nitrogens with zero attached hydrogens (tertiary/aromatic N) is 1. The molecular formula is C15H26N2. The number of benzene rings is 1. The van der Waals surface area contributed by atoms with Crippen LogP contribution in [0.2, 0.25) is 0 Å². The van der Waals surface area contributed by atoms with Crippen LogP contribution in [0.3, 0.4) is 0 Å². The number of hydrogen-bond acceptors (Lipinski definition) is 2. The molecule has 96 valence electrons. The predicted molar refractivity (Wildman–Crippen MR) is 75.0 cm³/mol. The smallest absolute Gasteiger partial charge is 0.0233 e. The fraction of sp³-hybridized carbons (Fsp3) is 0.600. The number of hydrogen-bond donors (Lipinski definition) is 1. The van der Waals surface area contributed by atoms with Gasteiger partial charge in [-0.05, 0) is 45.0 Å². The zero-order chi connectivity index (χ0) is 12.7. The Kier molecular flexibility index (Phi) is 6.23. The van der Waals surface area contributed by atoms with Crippen LogP contribution in [0.1, 0.15) is 38.3 Å². The van der Waals surface area contributed by atoms with Gasteiger partial charge in [-0.2, -0.15) is 0 Å². The molecule has 1 aromatic carbocycles. The molecule has 0 bridgehead atoms. The van der Waals surface area contributed by atoms with Gasteiger partial charge in [0.15, 0.2) is 0 Å². The first kappa shape index (κ1) is 14.2. The van der Waals surface area contributed by atoms with E-state index in [4.69, 9.17) is 0 Å². The highest BCUT2D eigenvalue weighted by Crippen LogP contribution is 2.09. The molecule has 1 aromatic rings. The quantitative estimate of drug-likeness (QED) is 0.730. The maximum absolute atomic E-state index is 3.44. The Hall–Kier alpha value is -0.860. The Morgan fingerprint density at radius 3 is 2.59 bits per heavy atom. The van der Waals surface area contributed by atoms with Gasteiger partial charge in [0.25, 0.3) is 0 Å². The third kappa shape index (κ3) is 5.33. The minimum atomic E-state index is 0.594. The van der Waals surface area contributed by atoms with Gasteiger partial charge in [0.2, 0.25) is 0 Å². The van der Waals surface area contributed by atoms with Crippen molar-refractivity contribution in [1.82, 2.24) is 10.2 Å². The second kappa shape index (κ2) is 7.46. The van der Waals surface area contributed by atoms with Gasteiger partial charge in [-0.3, -0.25) is 4.90 Å². The van der Waals surface area contributed by atoms with Crippen molar-refractivity contribution >= 4 is 0 Å². The largest absolute Gasteiger partial charge is 0.313 e. The molecule has 2 heteroatoms. The van der Waals surface area contributed by atoms with E-state index in [2.05, 4.69) is 62.3 Å². The maximum atomic E-state index is 3.44. The molecular weight excluding hydrogens is 208 g/mol. The summed E-state index contributed by atoms with van der Waals surface area (Å²) < 4.78 is 0. The number of nitrogens with one attached hydrogen (secondary N) is 1. The summed E-state index contributed by atoms with van der Waals surface area (Å²) in [5, 5.41) is 3.44. The molecule has 0 aliphatic heterocycles. The third-order valence-corrected chi connectivity index (χ3v) is 3.06. The summed E-state index contributed by atoms with van der Waals surface area (Å²) in [6.07, 6.45) is 1.19. The SMILES string of the molecule is CCCNCc1cccc(CN(C)C(C)C)c1. The van der Waals surface area contributed by atoms with Crippen molar-refractivity contribution in [3.05, 3.63) is 35.4 Å². The fourth-order valence-electron chi connectivity index (χ4n) is 1.72. The van der Waals surface area contributed by atoms with Crippen molar-refractivity contribution in [3.8, 4) is 0 Å². The van der Waals surface area contributed by atoms with Gasteiger partial charge in [-0.25, -0.2) is 0 Å². The molecule has 0 unspecified atom stereocenters. The summed E-state index contributed by atoms with van der Waals surface area (Å²) in [6.45, 7) is 9.75. The summed E-state index contributed by atoms with van der Waals surface area (Å²) >= 11 is 0. The fourth-order valence-corrected chi connectivity index (χ4v) is 1.72. The maximum Gasteiger partial charge on any atom is 0.0233 e. The first-order chi connectivity index (χ1) is 8.13. The van der Waals surface area contributed by atoms with Crippen molar-refractivity contribution < 1.29 is 0 Å². The summed E-state index contributed by atoms with van der Waals surface area (Å²) in [4.78, 5) is 2.36. The molecule has 0 heterocycles. The van der Waals surface area contributed by atoms with Gasteiger partial charge in [-0.15, -0.1) is 0 Å². The molecule has 0 fully saturated rings. The molecule has 17 heavy (non-hydrogen) atoms. The lowest BCUT2D eigenvalue weighted by molar-refractivity contribution is 0.266. The molecule has 0 radical (unpaired) electrons. The van der Waals surface area contributed by atoms with Crippen molar-refractivity contribution in [3.63, 3.8) is 0 Å². The van der Waals surface area contributed by atoms with Crippen molar-refractivity contribution in [2.45, 2.75) is 46.3 Å². The summed E-state index contributed by atoms with van der Waals surface area (Å²) in [7, 11) is 2.17. The Labute approximate surface area is 106 Å². The van der Waals surface area contributed by atoms with Gasteiger partial charge < -0.3 is 5.32 Å². The van der Waals surface area contributed by atoms with E-state index in [1.165, 1.54) is 17.5 Å². The Morgan fingerprint density at radius 2 is 1.94 bits per heavy atom. The molecule has 0 aliphatic rings. The summed E-state index contributed by atoms with van der Waals surface area (Å²) in [5.74, 6) is 0. The van der Waals surface area contributed by atoms with Crippen LogP contribution < -0.4 is 5.32 Å². The molecule has 0 aliphatic carbocycles. The van der Waals surface area contributed by atoms with E-state index in [0.29, 0.717) is 6.04 Å². The van der Waals surface area contributed by atoms with Crippen LogP contribution in [0.5, 0.6) is 0 Å². The first-order valence-corrected chi connectivity index (χ1v) is 6.62. The van der Waals surface area contributed by atoms with Gasteiger partial charge >= 0.3 is 0 Å². The molecule has 1 rings (SSSR count). The molecule has 0 amide bonds. The molecule has 1 N–H and O–H groups in total. The van der Waals surface area contributed by atoms with Crippen LogP contribution >= 0.6 is 0 Å². The van der Waals surface area contributed by atoms with E-state index in [-0.39, 0.29) is 0 Å². The Morgan fingerprint density at radius 1 is 1.24 bits per heavy atom. The van der Waals surface area contributed by atoms with E-state index in [1.54, 1.807) is 0 Å². The number of rotatable bonds is 7. The van der Waals surface area contributed by atoms with E-state index >= 15 is 0 Å². The highest BCUT2D eigenvalue weighted by Gasteiger charge is 2.04. The minimum Gasteiger partial charge on any atom is -0.313 e. The second-order valence-corrected chi connectivity index (χ2v) is 5.01. The van der Waals surface area contributed by atoms with Crippen LogP contribution in [0.4, 0.5) is 0 Å². The zero-order valence-electron chi connectivity index (χ0n) is 11.7. The van der Waals surface area contributed by atoms with Crippen LogP contribution in [-0.4, -0.2) is 24.5 Å². The van der Waals surface area contributed by atoms with E-state index < -0.39 is 0 Å². The lowest BCUT2D eigenvalue weighted by atomic mass is 10.1. The lowest BCUT2D eigenvalue weighted by Gasteiger charge is -2.21. The average Bonchev–Trinajstić information content (AvgIpc) is 2.30. The third-order valence-electron chi connectivity index (χ3n) is 3.06. The molecule has 2 nitrogen and oxygen atoms in total. The van der Waals surface area contributed by atoms with E-state index in [0.717, 1.165) is 19.6 Å². The molecule has 0 saturated carbocycles. The normalized spacial score (nSPS) is 11.4. The van der Waals surface area contributed by atoms with Crippen molar-refractivity contribution in [2.24, 2.45) is 0 Å². The van der Waals surface area contributed by atoms with Gasteiger partial charge in [0, 0.05) is 19.1 Å². The van der Waals surface area contributed by atoms with Gasteiger partial charge in [0.05, 0.1) is 0 Å². The summed E-state index contributed by atoms with van der Waals surface area (Å²) in [5.41, 5.74) is 2.78. The minimum absolute atomic E-state index is 0.594. The van der Waals surface area contributed by atoms with Crippen LogP contribution in [0, 0.1) is 0 Å². The van der Waals surface area contributed by atoms with E-state index in [1.807, 2.05) is 0 Å². The first-order valence-electron chi connectivity index (χ1n) is 6.62. The van der Waals surface area contributed by atoms with Crippen LogP contribution in [-0.2, 0) is 13.1 Å². The average molecular weight is 234 g/mol. The monoisotopic (exact) mass is 234 g/mol. The van der Waals surface area contributed by atoms with Gasteiger partial charge in [0.1, 0.15) is 0 Å². The van der Waals surface area contributed by atoms with Gasteiger partial charge in [-0.1, -0.05) is 31.2 Å². The summed E-state index contributed by atoms with van der Waals surface area (Å²) in [6, 6.07) is 9.47. The molecule has 0 atom stereocenters. The Bertz CT molecular complexity index is 320. The second-order valence-electron chi connectivity index (χ2n) is 5.01. The molecule has 0 saturated heterocycles. The highest BCUT2D eigenvalue weighted by atomic mass is 15.1. The zero-order valence-corrected chi connectivity index (χ0v) is 11.7. The topological polar surface area (TPSA) is 15.3 Å². The van der Waals surface area contributed by atoms with E-state index in [9.17, 15) is 0 Å². The van der Waals surface area contributed by atoms with Crippen LogP contribution in [0.25, 0.3) is 0 Å². The van der Waals surface area contributed by atoms with Crippen molar-refractivity contribution in [1.29, 1.82) is 0 Å². The van der Waals surface area contributed by atoms with Crippen molar-refractivity contribution in [2.75, 3.05) is 13.6 Å². The molecule has 0 aromatic heterocycles. The highest BCUT2D eigenvalue weighted by molar-refractivity contribution is 5.23. The molecule has 0 spiro atoms. The standard InChI is InChI=1S/C15H26N2/c1-5-9-16-11-14-7-6-8-15(10-14)12-17(4)13(2)3/h6-8,10,13,16H,5,9,11-12H2,1-4H3. The lowest BCUT2D eigenvalue weighted by Crippen LogP contribution is -2.25. The van der Waals surface area contributed by atoms with Crippen LogP contribution in [0.15, 0.2) is 24.3 Å². The predicted octanol–water partition coefficient (Wildman–Crippen LogP) is 3.03. The Balaban J connectivity index is 2.53.